The Hall–Kier alpha value is -1.30. The Morgan fingerprint density at radius 2 is 2.20 bits per heavy atom. The van der Waals surface area contributed by atoms with Crippen LogP contribution in [-0.4, -0.2) is 46.7 Å². The van der Waals surface area contributed by atoms with Gasteiger partial charge in [0, 0.05) is 7.05 Å². The lowest BCUT2D eigenvalue weighted by Gasteiger charge is -2.27. The van der Waals surface area contributed by atoms with Crippen LogP contribution in [0.3, 0.4) is 0 Å². The molecule has 4 N–H and O–H groups in total. The summed E-state index contributed by atoms with van der Waals surface area (Å²) in [6.07, 6.45) is 1.20. The first-order chi connectivity index (χ1) is 6.99. The number of amidine groups is 1. The first-order valence-electron chi connectivity index (χ1n) is 4.85. The Morgan fingerprint density at radius 3 is 2.53 bits per heavy atom. The topological polar surface area (TPSA) is 99.2 Å². The summed E-state index contributed by atoms with van der Waals surface area (Å²) in [7, 11) is 1.61. The Balaban J connectivity index is 2.77. The van der Waals surface area contributed by atoms with Crippen LogP contribution in [-0.2, 0) is 4.79 Å². The van der Waals surface area contributed by atoms with E-state index < -0.39 is 5.41 Å². The van der Waals surface area contributed by atoms with E-state index in [2.05, 4.69) is 5.16 Å². The number of nitrogens with zero attached hydrogens (tertiary/aromatic N) is 2. The molecule has 1 aliphatic carbocycles. The molecule has 0 radical (unpaired) electrons. The molecule has 1 amide bonds. The van der Waals surface area contributed by atoms with E-state index in [1.54, 1.807) is 14.0 Å². The predicted octanol–water partition coefficient (Wildman–Crippen LogP) is -0.648. The average Bonchev–Trinajstić information content (AvgIpc) is 3.06. The van der Waals surface area contributed by atoms with Gasteiger partial charge in [0.25, 0.3) is 0 Å². The number of hydrogen-bond acceptors (Lipinski definition) is 4. The van der Waals surface area contributed by atoms with Crippen LogP contribution < -0.4 is 5.73 Å². The Bertz CT molecular complexity index is 286. The number of carbonyl (C=O) groups excluding carboxylic acids is 1. The first kappa shape index (κ1) is 11.8. The van der Waals surface area contributed by atoms with Crippen LogP contribution in [0, 0.1) is 5.41 Å². The van der Waals surface area contributed by atoms with E-state index >= 15 is 0 Å². The van der Waals surface area contributed by atoms with Gasteiger partial charge in [-0.2, -0.15) is 0 Å². The minimum atomic E-state index is -0.826. The molecular weight excluding hydrogens is 198 g/mol. The molecule has 15 heavy (non-hydrogen) atoms. The number of amides is 1. The monoisotopic (exact) mass is 215 g/mol. The van der Waals surface area contributed by atoms with Gasteiger partial charge in [-0.05, 0) is 19.8 Å². The van der Waals surface area contributed by atoms with Crippen molar-refractivity contribution in [2.24, 2.45) is 16.3 Å². The number of rotatable bonds is 4. The molecule has 6 nitrogen and oxygen atoms in total. The van der Waals surface area contributed by atoms with Crippen LogP contribution in [0.2, 0.25) is 0 Å². The Morgan fingerprint density at radius 1 is 1.67 bits per heavy atom. The Kier molecular flexibility index (Phi) is 3.18. The maximum absolute atomic E-state index is 12.0. The summed E-state index contributed by atoms with van der Waals surface area (Å²) >= 11 is 0. The van der Waals surface area contributed by atoms with Gasteiger partial charge in [0.15, 0.2) is 5.84 Å². The molecule has 1 fully saturated rings. The molecular formula is C9H17N3O3. The summed E-state index contributed by atoms with van der Waals surface area (Å²) in [4.78, 5) is 13.4. The number of nitrogens with two attached hydrogens (primary N) is 1. The van der Waals surface area contributed by atoms with Gasteiger partial charge in [-0.15, -0.1) is 0 Å². The highest BCUT2D eigenvalue weighted by molar-refractivity contribution is 6.09. The van der Waals surface area contributed by atoms with Crippen molar-refractivity contribution in [3.8, 4) is 0 Å². The number of carbonyl (C=O) groups is 1. The quantitative estimate of drug-likeness (QED) is 0.251. The van der Waals surface area contributed by atoms with E-state index in [1.807, 2.05) is 0 Å². The van der Waals surface area contributed by atoms with Crippen LogP contribution in [0.1, 0.15) is 19.8 Å². The molecule has 0 bridgehead atoms. The fourth-order valence-electron chi connectivity index (χ4n) is 1.46. The molecule has 1 aliphatic rings. The smallest absolute Gasteiger partial charge is 0.236 e. The second kappa shape index (κ2) is 4.06. The van der Waals surface area contributed by atoms with E-state index in [0.717, 1.165) is 0 Å². The van der Waals surface area contributed by atoms with Crippen LogP contribution in [0.15, 0.2) is 5.16 Å². The predicted molar refractivity (Wildman–Crippen MR) is 54.4 cm³/mol. The van der Waals surface area contributed by atoms with E-state index in [9.17, 15) is 4.79 Å². The molecule has 0 saturated heterocycles. The van der Waals surface area contributed by atoms with Gasteiger partial charge in [-0.1, -0.05) is 5.16 Å². The molecule has 6 heteroatoms. The van der Waals surface area contributed by atoms with Gasteiger partial charge in [-0.3, -0.25) is 4.79 Å². The minimum absolute atomic E-state index is 0.0375. The number of aliphatic hydroxyl groups is 1. The van der Waals surface area contributed by atoms with E-state index in [0.29, 0.717) is 12.8 Å². The van der Waals surface area contributed by atoms with Crippen molar-refractivity contribution in [3.63, 3.8) is 0 Å². The molecule has 0 heterocycles. The van der Waals surface area contributed by atoms with Crippen LogP contribution in [0.4, 0.5) is 0 Å². The Labute approximate surface area is 88.4 Å². The summed E-state index contributed by atoms with van der Waals surface area (Å²) in [5.74, 6) is -0.233. The molecule has 0 spiro atoms. The lowest BCUT2D eigenvalue weighted by Crippen LogP contribution is -2.46. The molecule has 0 aromatic heterocycles. The normalized spacial score (nSPS) is 20.9. The van der Waals surface area contributed by atoms with Crippen LogP contribution >= 0.6 is 0 Å². The van der Waals surface area contributed by atoms with Crippen molar-refractivity contribution in [1.82, 2.24) is 4.90 Å². The zero-order chi connectivity index (χ0) is 11.6. The molecule has 0 aromatic rings. The van der Waals surface area contributed by atoms with Crippen molar-refractivity contribution in [3.05, 3.63) is 0 Å². The molecule has 1 saturated carbocycles. The number of oxime groups is 1. The van der Waals surface area contributed by atoms with Crippen molar-refractivity contribution in [2.75, 3.05) is 13.7 Å². The van der Waals surface area contributed by atoms with Crippen molar-refractivity contribution < 1.29 is 15.1 Å². The molecule has 0 aliphatic heterocycles. The summed E-state index contributed by atoms with van der Waals surface area (Å²) < 4.78 is 0. The third kappa shape index (κ3) is 1.90. The molecule has 86 valence electrons. The zero-order valence-corrected chi connectivity index (χ0v) is 8.97. The van der Waals surface area contributed by atoms with E-state index in [-0.39, 0.29) is 24.4 Å². The first-order valence-corrected chi connectivity index (χ1v) is 4.85. The van der Waals surface area contributed by atoms with Crippen molar-refractivity contribution in [1.29, 1.82) is 0 Å². The second-order valence-electron chi connectivity index (χ2n) is 4.02. The summed E-state index contributed by atoms with van der Waals surface area (Å²) in [6.45, 7) is 1.63. The number of likely N-dealkylation sites (N-methyl/N-ethyl adjacent to an activating group) is 1. The fraction of sp³-hybridized carbons (Fsp3) is 0.778. The molecule has 1 rings (SSSR count). The van der Waals surface area contributed by atoms with Gasteiger partial charge in [0.05, 0.1) is 12.6 Å². The van der Waals surface area contributed by atoms with Crippen molar-refractivity contribution in [2.45, 2.75) is 25.8 Å². The van der Waals surface area contributed by atoms with Gasteiger partial charge >= 0.3 is 0 Å². The van der Waals surface area contributed by atoms with Gasteiger partial charge in [0.1, 0.15) is 5.41 Å². The van der Waals surface area contributed by atoms with Gasteiger partial charge in [0.2, 0.25) is 5.91 Å². The van der Waals surface area contributed by atoms with Gasteiger partial charge in [-0.25, -0.2) is 0 Å². The largest absolute Gasteiger partial charge is 0.409 e. The third-order valence-corrected chi connectivity index (χ3v) is 3.00. The summed E-state index contributed by atoms with van der Waals surface area (Å²) in [5, 5.41) is 20.4. The highest BCUT2D eigenvalue weighted by Gasteiger charge is 2.55. The maximum atomic E-state index is 12.0. The third-order valence-electron chi connectivity index (χ3n) is 3.00. The average molecular weight is 215 g/mol. The summed E-state index contributed by atoms with van der Waals surface area (Å²) in [6, 6.07) is -0.263. The SMILES string of the molecule is CC(CO)N(C)C(=O)C1(C(N)=NO)CC1. The van der Waals surface area contributed by atoms with Crippen molar-refractivity contribution >= 4 is 11.7 Å². The lowest BCUT2D eigenvalue weighted by molar-refractivity contribution is -0.135. The van der Waals surface area contributed by atoms with Gasteiger partial charge < -0.3 is 20.9 Å². The standard InChI is InChI=1S/C9H17N3O3/c1-6(5-13)12(2)8(14)9(3-4-9)7(10)11-15/h6,13,15H,3-5H2,1-2H3,(H2,10,11). The zero-order valence-electron chi connectivity index (χ0n) is 8.97. The number of aliphatic hydroxyl groups excluding tert-OH is 1. The molecule has 0 aromatic carbocycles. The van der Waals surface area contributed by atoms with E-state index in [4.69, 9.17) is 16.0 Å². The minimum Gasteiger partial charge on any atom is -0.409 e. The second-order valence-corrected chi connectivity index (χ2v) is 4.02. The van der Waals surface area contributed by atoms with Crippen LogP contribution in [0.25, 0.3) is 0 Å². The fourth-order valence-corrected chi connectivity index (χ4v) is 1.46. The molecule has 1 unspecified atom stereocenters. The highest BCUT2D eigenvalue weighted by atomic mass is 16.4. The lowest BCUT2D eigenvalue weighted by atomic mass is 10.0. The maximum Gasteiger partial charge on any atom is 0.236 e. The van der Waals surface area contributed by atoms with Crippen LogP contribution in [0.5, 0.6) is 0 Å². The molecule has 1 atom stereocenters. The van der Waals surface area contributed by atoms with E-state index in [1.165, 1.54) is 4.90 Å². The number of hydrogen-bond donors (Lipinski definition) is 3. The summed E-state index contributed by atoms with van der Waals surface area (Å²) in [5.41, 5.74) is 4.66. The highest BCUT2D eigenvalue weighted by Crippen LogP contribution is 2.47.